The fourth-order valence-electron chi connectivity index (χ4n) is 1.86. The second-order valence-corrected chi connectivity index (χ2v) is 5.13. The number of anilines is 1. The van der Waals surface area contributed by atoms with E-state index in [1.165, 1.54) is 11.3 Å². The molecule has 0 fully saturated rings. The van der Waals surface area contributed by atoms with Crippen molar-refractivity contribution in [3.05, 3.63) is 58.9 Å². The average molecular weight is 294 g/mol. The van der Waals surface area contributed by atoms with Crippen LogP contribution in [0.2, 0.25) is 0 Å². The minimum Gasteiger partial charge on any atom is -0.381 e. The van der Waals surface area contributed by atoms with Gasteiger partial charge in [0.2, 0.25) is 0 Å². The zero-order valence-electron chi connectivity index (χ0n) is 10.2. The monoisotopic (exact) mass is 294 g/mol. The minimum atomic E-state index is -1.18. The van der Waals surface area contributed by atoms with Crippen LogP contribution in [0.15, 0.2) is 35.8 Å². The number of fused-ring (bicyclic) bond motifs is 1. The quantitative estimate of drug-likeness (QED) is 0.727. The highest BCUT2D eigenvalue weighted by Crippen LogP contribution is 2.22. The fraction of sp³-hybridized carbons (Fsp3) is 0.0714. The Labute approximate surface area is 116 Å². The van der Waals surface area contributed by atoms with Gasteiger partial charge in [0.1, 0.15) is 5.82 Å². The number of hydrogen-bond acceptors (Lipinski definition) is 3. The summed E-state index contributed by atoms with van der Waals surface area (Å²) in [4.78, 5) is 4.15. The Kier molecular flexibility index (Phi) is 3.31. The van der Waals surface area contributed by atoms with E-state index in [4.69, 9.17) is 0 Å². The smallest absolute Gasteiger partial charge is 0.161 e. The molecule has 0 unspecified atom stereocenters. The molecule has 0 saturated carbocycles. The molecule has 1 N–H and O–H groups in total. The van der Waals surface area contributed by atoms with Crippen LogP contribution in [0.4, 0.5) is 18.9 Å². The third-order valence-electron chi connectivity index (χ3n) is 2.90. The molecule has 0 aliphatic carbocycles. The highest BCUT2D eigenvalue weighted by molar-refractivity contribution is 7.16. The standard InChI is InChI=1S/C14H9F3N2S/c15-10-5-12(17)11(16)3-8(10)6-18-9-1-2-13-14(4-9)20-7-19-13/h1-5,7,18H,6H2. The number of halogens is 3. The molecule has 0 aliphatic rings. The number of nitrogens with one attached hydrogen (secondary N) is 1. The Hall–Kier alpha value is -2.08. The molecule has 2 nitrogen and oxygen atoms in total. The van der Waals surface area contributed by atoms with Crippen molar-refractivity contribution < 1.29 is 13.2 Å². The Balaban J connectivity index is 1.80. The van der Waals surface area contributed by atoms with Crippen LogP contribution in [0.3, 0.4) is 0 Å². The predicted octanol–water partition coefficient (Wildman–Crippen LogP) is 4.33. The van der Waals surface area contributed by atoms with Crippen LogP contribution in [0, 0.1) is 17.5 Å². The Morgan fingerprint density at radius 1 is 1.00 bits per heavy atom. The summed E-state index contributed by atoms with van der Waals surface area (Å²) in [5.74, 6) is -3.01. The van der Waals surface area contributed by atoms with Gasteiger partial charge in [-0.15, -0.1) is 11.3 Å². The largest absolute Gasteiger partial charge is 0.381 e. The van der Waals surface area contributed by atoms with Crippen LogP contribution in [0.25, 0.3) is 10.2 Å². The zero-order chi connectivity index (χ0) is 14.1. The van der Waals surface area contributed by atoms with E-state index in [1.54, 1.807) is 11.6 Å². The summed E-state index contributed by atoms with van der Waals surface area (Å²) in [6.07, 6.45) is 0. The van der Waals surface area contributed by atoms with Gasteiger partial charge < -0.3 is 5.32 Å². The topological polar surface area (TPSA) is 24.9 Å². The first-order valence-electron chi connectivity index (χ1n) is 5.84. The molecule has 0 spiro atoms. The molecule has 0 saturated heterocycles. The number of aromatic nitrogens is 1. The fourth-order valence-corrected chi connectivity index (χ4v) is 2.58. The molecule has 102 valence electrons. The van der Waals surface area contributed by atoms with E-state index in [2.05, 4.69) is 10.3 Å². The summed E-state index contributed by atoms with van der Waals surface area (Å²) in [5.41, 5.74) is 3.47. The lowest BCUT2D eigenvalue weighted by Gasteiger charge is -2.08. The number of rotatable bonds is 3. The number of benzene rings is 2. The van der Waals surface area contributed by atoms with Gasteiger partial charge in [0.15, 0.2) is 11.6 Å². The Morgan fingerprint density at radius 3 is 2.65 bits per heavy atom. The van der Waals surface area contributed by atoms with Crippen molar-refractivity contribution in [3.8, 4) is 0 Å². The highest BCUT2D eigenvalue weighted by atomic mass is 32.1. The molecule has 0 atom stereocenters. The highest BCUT2D eigenvalue weighted by Gasteiger charge is 2.09. The van der Waals surface area contributed by atoms with E-state index in [9.17, 15) is 13.2 Å². The molecule has 20 heavy (non-hydrogen) atoms. The van der Waals surface area contributed by atoms with Gasteiger partial charge in [-0.25, -0.2) is 18.2 Å². The third-order valence-corrected chi connectivity index (χ3v) is 3.70. The van der Waals surface area contributed by atoms with E-state index in [-0.39, 0.29) is 12.1 Å². The van der Waals surface area contributed by atoms with Crippen molar-refractivity contribution in [2.45, 2.75) is 6.54 Å². The minimum absolute atomic E-state index is 0.0767. The summed E-state index contributed by atoms with van der Waals surface area (Å²) < 4.78 is 40.4. The molecular formula is C14H9F3N2S. The summed E-state index contributed by atoms with van der Waals surface area (Å²) >= 11 is 1.50. The van der Waals surface area contributed by atoms with Gasteiger partial charge in [-0.1, -0.05) is 0 Å². The Morgan fingerprint density at radius 2 is 1.80 bits per heavy atom. The lowest BCUT2D eigenvalue weighted by molar-refractivity contribution is 0.490. The molecule has 6 heteroatoms. The average Bonchev–Trinajstić information content (AvgIpc) is 2.89. The summed E-state index contributed by atoms with van der Waals surface area (Å²) in [6.45, 7) is 0.0767. The maximum Gasteiger partial charge on any atom is 0.161 e. The first-order valence-corrected chi connectivity index (χ1v) is 6.72. The zero-order valence-corrected chi connectivity index (χ0v) is 11.0. The van der Waals surface area contributed by atoms with E-state index in [1.807, 2.05) is 12.1 Å². The van der Waals surface area contributed by atoms with Crippen molar-refractivity contribution in [2.24, 2.45) is 0 Å². The lowest BCUT2D eigenvalue weighted by atomic mass is 10.2. The molecule has 0 radical (unpaired) electrons. The number of thiazole rings is 1. The molecule has 3 aromatic rings. The SMILES string of the molecule is Fc1cc(F)c(CNc2ccc3ncsc3c2)cc1F. The van der Waals surface area contributed by atoms with Crippen LogP contribution < -0.4 is 5.32 Å². The lowest BCUT2D eigenvalue weighted by Crippen LogP contribution is -2.03. The van der Waals surface area contributed by atoms with Gasteiger partial charge in [-0.2, -0.15) is 0 Å². The van der Waals surface area contributed by atoms with E-state index in [0.717, 1.165) is 22.0 Å². The van der Waals surface area contributed by atoms with Crippen LogP contribution in [-0.2, 0) is 6.54 Å². The number of nitrogens with zero attached hydrogens (tertiary/aromatic N) is 1. The number of hydrogen-bond donors (Lipinski definition) is 1. The van der Waals surface area contributed by atoms with Gasteiger partial charge in [0.25, 0.3) is 0 Å². The first kappa shape index (κ1) is 12.9. The second kappa shape index (κ2) is 5.13. The van der Waals surface area contributed by atoms with Crippen molar-refractivity contribution >= 4 is 27.2 Å². The van der Waals surface area contributed by atoms with E-state index in [0.29, 0.717) is 6.07 Å². The van der Waals surface area contributed by atoms with Crippen molar-refractivity contribution in [3.63, 3.8) is 0 Å². The van der Waals surface area contributed by atoms with E-state index < -0.39 is 17.5 Å². The van der Waals surface area contributed by atoms with Crippen molar-refractivity contribution in [1.29, 1.82) is 0 Å². The van der Waals surface area contributed by atoms with Gasteiger partial charge in [-0.05, 0) is 24.3 Å². The van der Waals surface area contributed by atoms with Crippen LogP contribution in [0.5, 0.6) is 0 Å². The molecule has 3 rings (SSSR count). The summed E-state index contributed by atoms with van der Waals surface area (Å²) in [5, 5.41) is 2.98. The molecule has 1 heterocycles. The second-order valence-electron chi connectivity index (χ2n) is 4.25. The van der Waals surface area contributed by atoms with Gasteiger partial charge in [0, 0.05) is 23.9 Å². The summed E-state index contributed by atoms with van der Waals surface area (Å²) in [6, 6.07) is 6.95. The predicted molar refractivity (Wildman–Crippen MR) is 73.3 cm³/mol. The van der Waals surface area contributed by atoms with Crippen LogP contribution in [-0.4, -0.2) is 4.98 Å². The van der Waals surface area contributed by atoms with Gasteiger partial charge in [-0.3, -0.25) is 0 Å². The summed E-state index contributed by atoms with van der Waals surface area (Å²) in [7, 11) is 0. The van der Waals surface area contributed by atoms with Crippen molar-refractivity contribution in [2.75, 3.05) is 5.32 Å². The molecule has 1 aromatic heterocycles. The van der Waals surface area contributed by atoms with Crippen molar-refractivity contribution in [1.82, 2.24) is 4.98 Å². The first-order chi connectivity index (χ1) is 9.63. The van der Waals surface area contributed by atoms with E-state index >= 15 is 0 Å². The molecule has 0 aliphatic heterocycles. The molecule has 0 bridgehead atoms. The maximum absolute atomic E-state index is 13.5. The molecule has 0 amide bonds. The van der Waals surface area contributed by atoms with Crippen LogP contribution in [0.1, 0.15) is 5.56 Å². The Bertz CT molecular complexity index is 770. The maximum atomic E-state index is 13.5. The third kappa shape index (κ3) is 2.46. The molecular weight excluding hydrogens is 285 g/mol. The normalized spacial score (nSPS) is 10.9. The van der Waals surface area contributed by atoms with Gasteiger partial charge >= 0.3 is 0 Å². The van der Waals surface area contributed by atoms with Crippen LogP contribution >= 0.6 is 11.3 Å². The molecule has 2 aromatic carbocycles. The van der Waals surface area contributed by atoms with Gasteiger partial charge in [0.05, 0.1) is 15.7 Å².